The standard InChI is InChI=1S/C21H20F2N6O4S/c1-12(2)34(31,32)13-5-6-17(33-21(22)23)14(9-13)18-16(11-28(3)27-18)26-20(30)15-10-25-29-8-4-7-24-19(15)29/h4-12,21H,1-3H3,(H,26,30). The number of carbonyl (C=O) groups excluding carboxylic acids is 1. The minimum Gasteiger partial charge on any atom is -0.434 e. The highest BCUT2D eigenvalue weighted by Crippen LogP contribution is 2.37. The summed E-state index contributed by atoms with van der Waals surface area (Å²) in [6, 6.07) is 5.21. The van der Waals surface area contributed by atoms with E-state index in [1.165, 1.54) is 53.8 Å². The lowest BCUT2D eigenvalue weighted by molar-refractivity contribution is -0.0494. The van der Waals surface area contributed by atoms with Gasteiger partial charge in [0.2, 0.25) is 0 Å². The number of fused-ring (bicyclic) bond motifs is 1. The molecule has 4 aromatic rings. The Bertz CT molecular complexity index is 1480. The van der Waals surface area contributed by atoms with E-state index in [-0.39, 0.29) is 33.2 Å². The van der Waals surface area contributed by atoms with E-state index in [9.17, 15) is 22.0 Å². The summed E-state index contributed by atoms with van der Waals surface area (Å²) in [5, 5.41) is 10.3. The zero-order valence-electron chi connectivity index (χ0n) is 18.3. The summed E-state index contributed by atoms with van der Waals surface area (Å²) in [5.74, 6) is -0.852. The van der Waals surface area contributed by atoms with Crippen molar-refractivity contribution in [1.82, 2.24) is 24.4 Å². The first-order valence-corrected chi connectivity index (χ1v) is 11.6. The van der Waals surface area contributed by atoms with Crippen molar-refractivity contribution in [3.05, 3.63) is 54.6 Å². The van der Waals surface area contributed by atoms with Gasteiger partial charge in [0, 0.05) is 31.2 Å². The van der Waals surface area contributed by atoms with Gasteiger partial charge in [-0.1, -0.05) is 0 Å². The second-order valence-corrected chi connectivity index (χ2v) is 10.1. The molecule has 0 radical (unpaired) electrons. The van der Waals surface area contributed by atoms with Crippen LogP contribution in [0.4, 0.5) is 14.5 Å². The van der Waals surface area contributed by atoms with Crippen molar-refractivity contribution < 1.29 is 26.7 Å². The average molecular weight is 490 g/mol. The van der Waals surface area contributed by atoms with E-state index in [2.05, 4.69) is 25.2 Å². The fraction of sp³-hybridized carbons (Fsp3) is 0.238. The van der Waals surface area contributed by atoms with Crippen molar-refractivity contribution in [1.29, 1.82) is 0 Å². The minimum atomic E-state index is -3.73. The van der Waals surface area contributed by atoms with Gasteiger partial charge in [0.1, 0.15) is 17.0 Å². The van der Waals surface area contributed by atoms with Crippen molar-refractivity contribution in [2.24, 2.45) is 7.05 Å². The highest BCUT2D eigenvalue weighted by molar-refractivity contribution is 7.92. The van der Waals surface area contributed by atoms with Crippen molar-refractivity contribution in [3.63, 3.8) is 0 Å². The number of ether oxygens (including phenoxy) is 1. The van der Waals surface area contributed by atoms with Crippen LogP contribution in [-0.2, 0) is 16.9 Å². The zero-order valence-corrected chi connectivity index (χ0v) is 19.1. The summed E-state index contributed by atoms with van der Waals surface area (Å²) in [6.45, 7) is -0.136. The van der Waals surface area contributed by atoms with Gasteiger partial charge in [-0.15, -0.1) is 0 Å². The number of aromatic nitrogens is 5. The molecule has 0 unspecified atom stereocenters. The van der Waals surface area contributed by atoms with Gasteiger partial charge in [-0.3, -0.25) is 9.48 Å². The van der Waals surface area contributed by atoms with Gasteiger partial charge in [0.05, 0.1) is 22.0 Å². The van der Waals surface area contributed by atoms with Crippen LogP contribution in [-0.4, -0.2) is 50.6 Å². The van der Waals surface area contributed by atoms with Gasteiger partial charge in [0.25, 0.3) is 5.91 Å². The third-order valence-corrected chi connectivity index (χ3v) is 7.12. The van der Waals surface area contributed by atoms with Crippen LogP contribution in [0.2, 0.25) is 0 Å². The monoisotopic (exact) mass is 490 g/mol. The highest BCUT2D eigenvalue weighted by Gasteiger charge is 2.25. The van der Waals surface area contributed by atoms with Crippen molar-refractivity contribution >= 4 is 27.1 Å². The number of alkyl halides is 2. The first-order chi connectivity index (χ1) is 16.1. The molecule has 0 aliphatic heterocycles. The first-order valence-electron chi connectivity index (χ1n) is 10.0. The number of amides is 1. The fourth-order valence-electron chi connectivity index (χ4n) is 3.30. The number of rotatable bonds is 7. The van der Waals surface area contributed by atoms with Crippen LogP contribution in [0.1, 0.15) is 24.2 Å². The van der Waals surface area contributed by atoms with Crippen LogP contribution >= 0.6 is 0 Å². The van der Waals surface area contributed by atoms with Gasteiger partial charge in [-0.2, -0.15) is 19.0 Å². The van der Waals surface area contributed by atoms with Gasteiger partial charge < -0.3 is 10.1 Å². The topological polar surface area (TPSA) is 120 Å². The Morgan fingerprint density at radius 2 is 2.00 bits per heavy atom. The molecule has 4 rings (SSSR count). The third-order valence-electron chi connectivity index (χ3n) is 4.97. The van der Waals surface area contributed by atoms with Crippen LogP contribution < -0.4 is 10.1 Å². The number of halogens is 2. The molecule has 0 aliphatic carbocycles. The van der Waals surface area contributed by atoms with Crippen molar-refractivity contribution in [2.45, 2.75) is 30.6 Å². The number of nitrogens with zero attached hydrogens (tertiary/aromatic N) is 5. The molecule has 0 saturated carbocycles. The van der Waals surface area contributed by atoms with Crippen LogP contribution in [0.5, 0.6) is 5.75 Å². The molecule has 3 heterocycles. The number of benzene rings is 1. The van der Waals surface area contributed by atoms with Gasteiger partial charge in [-0.25, -0.2) is 17.9 Å². The lowest BCUT2D eigenvalue weighted by Gasteiger charge is -2.14. The molecule has 10 nitrogen and oxygen atoms in total. The quantitative estimate of drug-likeness (QED) is 0.422. The number of aryl methyl sites for hydroxylation is 1. The molecule has 3 aromatic heterocycles. The lowest BCUT2D eigenvalue weighted by atomic mass is 10.1. The van der Waals surface area contributed by atoms with Crippen LogP contribution in [0.3, 0.4) is 0 Å². The highest BCUT2D eigenvalue weighted by atomic mass is 32.2. The molecule has 1 aromatic carbocycles. The number of carbonyl (C=O) groups is 1. The Labute approximate surface area is 193 Å². The van der Waals surface area contributed by atoms with Crippen LogP contribution in [0.25, 0.3) is 16.9 Å². The van der Waals surface area contributed by atoms with Crippen LogP contribution in [0, 0.1) is 0 Å². The molecule has 178 valence electrons. The SMILES string of the molecule is CC(C)S(=O)(=O)c1ccc(OC(F)F)c(-c2nn(C)cc2NC(=O)c2cnn3cccnc23)c1. The lowest BCUT2D eigenvalue weighted by Crippen LogP contribution is -2.15. The van der Waals surface area contributed by atoms with Crippen molar-refractivity contribution in [2.75, 3.05) is 5.32 Å². The second-order valence-electron chi connectivity index (χ2n) is 7.60. The maximum Gasteiger partial charge on any atom is 0.387 e. The van der Waals surface area contributed by atoms with Crippen LogP contribution in [0.15, 0.2) is 53.9 Å². The second kappa shape index (κ2) is 8.82. The summed E-state index contributed by atoms with van der Waals surface area (Å²) in [6.07, 6.45) is 5.94. The molecular formula is C21H20F2N6O4S. The maximum absolute atomic E-state index is 13.1. The Balaban J connectivity index is 1.80. The molecule has 0 spiro atoms. The van der Waals surface area contributed by atoms with E-state index in [1.807, 2.05) is 0 Å². The molecule has 1 N–H and O–H groups in total. The normalized spacial score (nSPS) is 12.0. The molecule has 0 saturated heterocycles. The number of nitrogens with one attached hydrogen (secondary N) is 1. The Morgan fingerprint density at radius 1 is 1.24 bits per heavy atom. The molecule has 0 aliphatic rings. The molecule has 0 bridgehead atoms. The zero-order chi connectivity index (χ0) is 24.6. The van der Waals surface area contributed by atoms with Gasteiger partial charge in [-0.05, 0) is 38.1 Å². The Morgan fingerprint density at radius 3 is 2.71 bits per heavy atom. The summed E-state index contributed by atoms with van der Waals surface area (Å²) >= 11 is 0. The predicted molar refractivity (Wildman–Crippen MR) is 119 cm³/mol. The van der Waals surface area contributed by atoms with Crippen molar-refractivity contribution in [3.8, 4) is 17.0 Å². The van der Waals surface area contributed by atoms with E-state index < -0.39 is 27.6 Å². The Kier molecular flexibility index (Phi) is 6.04. The number of sulfone groups is 1. The molecule has 0 atom stereocenters. The van der Waals surface area contributed by atoms with E-state index >= 15 is 0 Å². The number of hydrogen-bond acceptors (Lipinski definition) is 7. The van der Waals surface area contributed by atoms with E-state index in [0.717, 1.165) is 6.07 Å². The number of anilines is 1. The summed E-state index contributed by atoms with van der Waals surface area (Å²) in [4.78, 5) is 17.0. The summed E-state index contributed by atoms with van der Waals surface area (Å²) in [5.41, 5.74) is 0.682. The van der Waals surface area contributed by atoms with Gasteiger partial charge >= 0.3 is 6.61 Å². The summed E-state index contributed by atoms with van der Waals surface area (Å²) < 4.78 is 58.9. The first kappa shape index (κ1) is 23.3. The molecule has 0 fully saturated rings. The Hall–Kier alpha value is -3.87. The fourth-order valence-corrected chi connectivity index (χ4v) is 4.38. The van der Waals surface area contributed by atoms with Gasteiger partial charge in [0.15, 0.2) is 15.5 Å². The van der Waals surface area contributed by atoms with E-state index in [1.54, 1.807) is 19.3 Å². The predicted octanol–water partition coefficient (Wildman–Crippen LogP) is 3.17. The maximum atomic E-state index is 13.1. The molecule has 13 heteroatoms. The summed E-state index contributed by atoms with van der Waals surface area (Å²) in [7, 11) is -2.16. The smallest absolute Gasteiger partial charge is 0.387 e. The number of hydrogen-bond donors (Lipinski definition) is 1. The molecule has 1 amide bonds. The minimum absolute atomic E-state index is 0.0177. The average Bonchev–Trinajstić information content (AvgIpc) is 3.36. The molecular weight excluding hydrogens is 470 g/mol. The largest absolute Gasteiger partial charge is 0.434 e. The van der Waals surface area contributed by atoms with E-state index in [0.29, 0.717) is 5.65 Å². The molecule has 34 heavy (non-hydrogen) atoms. The van der Waals surface area contributed by atoms with E-state index in [4.69, 9.17) is 0 Å². The third kappa shape index (κ3) is 4.33.